The first-order valence-corrected chi connectivity index (χ1v) is 11.4. The number of nitrogens with zero attached hydrogens (tertiary/aromatic N) is 2. The minimum atomic E-state index is -0.111. The first kappa shape index (κ1) is 22.3. The molecule has 0 saturated carbocycles. The Kier molecular flexibility index (Phi) is 7.39. The second-order valence-electron chi connectivity index (χ2n) is 8.60. The molecule has 0 spiro atoms. The van der Waals surface area contributed by atoms with Crippen LogP contribution in [0.5, 0.6) is 0 Å². The predicted octanol–water partition coefficient (Wildman–Crippen LogP) is 2.84. The Hall–Kier alpha value is -2.90. The molecule has 2 aromatic carbocycles. The van der Waals surface area contributed by atoms with E-state index < -0.39 is 0 Å². The van der Waals surface area contributed by atoms with Crippen molar-refractivity contribution in [2.24, 2.45) is 5.92 Å². The van der Waals surface area contributed by atoms with Crippen LogP contribution in [-0.2, 0) is 11.2 Å². The average Bonchev–Trinajstić information content (AvgIpc) is 3.22. The molecule has 32 heavy (non-hydrogen) atoms. The summed E-state index contributed by atoms with van der Waals surface area (Å²) in [5.74, 6) is 0.321. The van der Waals surface area contributed by atoms with Crippen LogP contribution in [-0.4, -0.2) is 73.7 Å². The van der Waals surface area contributed by atoms with E-state index >= 15 is 0 Å². The Bertz CT molecular complexity index is 897. The van der Waals surface area contributed by atoms with Crippen LogP contribution in [0.1, 0.15) is 22.8 Å². The van der Waals surface area contributed by atoms with Crippen LogP contribution < -0.4 is 10.6 Å². The van der Waals surface area contributed by atoms with E-state index in [1.165, 1.54) is 5.56 Å². The van der Waals surface area contributed by atoms with E-state index in [2.05, 4.69) is 22.5 Å². The van der Waals surface area contributed by atoms with Gasteiger partial charge in [0.05, 0.1) is 13.2 Å². The molecule has 7 heteroatoms. The Morgan fingerprint density at radius 1 is 1.00 bits per heavy atom. The van der Waals surface area contributed by atoms with Gasteiger partial charge in [0.1, 0.15) is 0 Å². The third-order valence-electron chi connectivity index (χ3n) is 6.31. The topological polar surface area (TPSA) is 73.9 Å². The lowest BCUT2D eigenvalue weighted by Crippen LogP contribution is -2.47. The smallest absolute Gasteiger partial charge is 0.321 e. The van der Waals surface area contributed by atoms with Gasteiger partial charge in [0, 0.05) is 50.0 Å². The molecule has 0 radical (unpaired) electrons. The maximum Gasteiger partial charge on any atom is 0.321 e. The number of rotatable bonds is 6. The van der Waals surface area contributed by atoms with Crippen LogP contribution in [0.15, 0.2) is 54.6 Å². The fourth-order valence-corrected chi connectivity index (χ4v) is 4.47. The molecule has 0 aliphatic carbocycles. The zero-order valence-corrected chi connectivity index (χ0v) is 18.6. The van der Waals surface area contributed by atoms with E-state index in [1.54, 1.807) is 24.3 Å². The highest BCUT2D eigenvalue weighted by Crippen LogP contribution is 2.23. The maximum atomic E-state index is 12.8. The fraction of sp³-hybridized carbons (Fsp3) is 0.440. The fourth-order valence-electron chi connectivity index (χ4n) is 4.47. The maximum absolute atomic E-state index is 12.8. The minimum absolute atomic E-state index is 0.0901. The number of likely N-dealkylation sites (tertiary alicyclic amines) is 1. The van der Waals surface area contributed by atoms with Crippen LogP contribution in [0.3, 0.4) is 0 Å². The van der Waals surface area contributed by atoms with Gasteiger partial charge in [-0.3, -0.25) is 9.69 Å². The summed E-state index contributed by atoms with van der Waals surface area (Å²) in [6, 6.07) is 17.4. The summed E-state index contributed by atoms with van der Waals surface area (Å²) >= 11 is 0. The van der Waals surface area contributed by atoms with Crippen molar-refractivity contribution in [2.75, 3.05) is 51.3 Å². The Labute approximate surface area is 189 Å². The average molecular weight is 437 g/mol. The van der Waals surface area contributed by atoms with Crippen molar-refractivity contribution in [3.05, 3.63) is 65.7 Å². The number of nitrogens with one attached hydrogen (secondary N) is 2. The summed E-state index contributed by atoms with van der Waals surface area (Å²) in [6.07, 6.45) is 0.792. The van der Waals surface area contributed by atoms with Gasteiger partial charge in [-0.2, -0.15) is 0 Å². The zero-order chi connectivity index (χ0) is 22.3. The Morgan fingerprint density at radius 2 is 1.72 bits per heavy atom. The summed E-state index contributed by atoms with van der Waals surface area (Å²) in [5, 5.41) is 5.92. The van der Waals surface area contributed by atoms with Gasteiger partial charge in [-0.15, -0.1) is 0 Å². The highest BCUT2D eigenvalue weighted by Gasteiger charge is 2.36. The van der Waals surface area contributed by atoms with Crippen LogP contribution in [0.4, 0.5) is 10.5 Å². The number of morpholine rings is 1. The number of urea groups is 1. The Morgan fingerprint density at radius 3 is 2.44 bits per heavy atom. The molecule has 2 unspecified atom stereocenters. The zero-order valence-electron chi connectivity index (χ0n) is 18.6. The van der Waals surface area contributed by atoms with E-state index in [1.807, 2.05) is 35.2 Å². The largest absolute Gasteiger partial charge is 0.379 e. The third kappa shape index (κ3) is 5.66. The summed E-state index contributed by atoms with van der Waals surface area (Å²) in [4.78, 5) is 29.5. The summed E-state index contributed by atoms with van der Waals surface area (Å²) in [6.45, 7) is 7.66. The minimum Gasteiger partial charge on any atom is -0.379 e. The van der Waals surface area contributed by atoms with Gasteiger partial charge in [0.2, 0.25) is 0 Å². The number of ether oxygens (including phenoxy) is 1. The molecule has 4 rings (SSSR count). The van der Waals surface area contributed by atoms with Crippen LogP contribution in [0.25, 0.3) is 0 Å². The first-order chi connectivity index (χ1) is 15.6. The summed E-state index contributed by atoms with van der Waals surface area (Å²) < 4.78 is 5.45. The lowest BCUT2D eigenvalue weighted by Gasteiger charge is -2.33. The van der Waals surface area contributed by atoms with Crippen molar-refractivity contribution in [3.8, 4) is 0 Å². The van der Waals surface area contributed by atoms with Crippen molar-refractivity contribution in [1.82, 2.24) is 15.1 Å². The number of amides is 3. The lowest BCUT2D eigenvalue weighted by molar-refractivity contribution is 0.0123. The Balaban J connectivity index is 1.25. The van der Waals surface area contributed by atoms with Crippen molar-refractivity contribution in [2.45, 2.75) is 19.4 Å². The number of carbonyl (C=O) groups is 2. The monoisotopic (exact) mass is 436 g/mol. The molecular weight excluding hydrogens is 404 g/mol. The molecule has 2 atom stereocenters. The van der Waals surface area contributed by atoms with Gasteiger partial charge in [-0.25, -0.2) is 4.79 Å². The second kappa shape index (κ2) is 10.6. The van der Waals surface area contributed by atoms with E-state index in [0.29, 0.717) is 29.8 Å². The SMILES string of the molecule is CC1CN(C(=O)Nc2ccc(C(=O)NCCc3ccccc3)cc2)CC1N1CCOCC1. The van der Waals surface area contributed by atoms with Crippen molar-refractivity contribution in [3.63, 3.8) is 0 Å². The molecule has 7 nitrogen and oxygen atoms in total. The molecular formula is C25H32N4O3. The van der Waals surface area contributed by atoms with Gasteiger partial charge >= 0.3 is 6.03 Å². The molecule has 2 aromatic rings. The van der Waals surface area contributed by atoms with E-state index in [9.17, 15) is 9.59 Å². The van der Waals surface area contributed by atoms with E-state index in [4.69, 9.17) is 4.74 Å². The van der Waals surface area contributed by atoms with Crippen LogP contribution in [0.2, 0.25) is 0 Å². The molecule has 2 aliphatic rings. The van der Waals surface area contributed by atoms with Crippen LogP contribution >= 0.6 is 0 Å². The molecule has 2 heterocycles. The lowest BCUT2D eigenvalue weighted by atomic mass is 10.0. The van der Waals surface area contributed by atoms with Crippen molar-refractivity contribution >= 4 is 17.6 Å². The second-order valence-corrected chi connectivity index (χ2v) is 8.60. The van der Waals surface area contributed by atoms with Crippen molar-refractivity contribution in [1.29, 1.82) is 0 Å². The molecule has 2 N–H and O–H groups in total. The van der Waals surface area contributed by atoms with Crippen LogP contribution in [0, 0.1) is 5.92 Å². The predicted molar refractivity (Wildman–Crippen MR) is 125 cm³/mol. The standard InChI is InChI=1S/C25H32N4O3/c1-19-17-29(18-23(19)28-13-15-32-16-14-28)25(31)27-22-9-7-21(8-10-22)24(30)26-12-11-20-5-3-2-4-6-20/h2-10,19,23H,11-18H2,1H3,(H,26,30)(H,27,31). The molecule has 0 aromatic heterocycles. The van der Waals surface area contributed by atoms with Crippen molar-refractivity contribution < 1.29 is 14.3 Å². The molecule has 2 saturated heterocycles. The molecule has 2 fully saturated rings. The van der Waals surface area contributed by atoms with Gasteiger partial charge in [-0.05, 0) is 42.2 Å². The summed E-state index contributed by atoms with van der Waals surface area (Å²) in [5.41, 5.74) is 2.47. The quantitative estimate of drug-likeness (QED) is 0.730. The number of hydrogen-bond donors (Lipinski definition) is 2. The van der Waals surface area contributed by atoms with Gasteiger partial charge < -0.3 is 20.3 Å². The van der Waals surface area contributed by atoms with E-state index in [0.717, 1.165) is 45.8 Å². The highest BCUT2D eigenvalue weighted by atomic mass is 16.5. The first-order valence-electron chi connectivity index (χ1n) is 11.4. The van der Waals surface area contributed by atoms with Gasteiger partial charge in [0.25, 0.3) is 5.91 Å². The number of carbonyl (C=O) groups excluding carboxylic acids is 2. The molecule has 0 bridgehead atoms. The molecule has 3 amide bonds. The number of benzene rings is 2. The highest BCUT2D eigenvalue weighted by molar-refractivity contribution is 5.95. The molecule has 2 aliphatic heterocycles. The number of anilines is 1. The third-order valence-corrected chi connectivity index (χ3v) is 6.31. The van der Waals surface area contributed by atoms with Gasteiger partial charge in [0.15, 0.2) is 0 Å². The van der Waals surface area contributed by atoms with E-state index in [-0.39, 0.29) is 11.9 Å². The molecule has 170 valence electrons. The summed E-state index contributed by atoms with van der Waals surface area (Å²) in [7, 11) is 0. The normalized spacial score (nSPS) is 21.3. The van der Waals surface area contributed by atoms with Gasteiger partial charge in [-0.1, -0.05) is 37.3 Å². The number of hydrogen-bond acceptors (Lipinski definition) is 4.